The number of ether oxygens (including phenoxy) is 1. The van der Waals surface area contributed by atoms with Gasteiger partial charge in [-0.1, -0.05) is 43.3 Å². The first-order valence-electron chi connectivity index (χ1n) is 9.56. The van der Waals surface area contributed by atoms with Gasteiger partial charge in [0.2, 0.25) is 0 Å². The number of rotatable bonds is 9. The number of guanidine groups is 1. The smallest absolute Gasteiger partial charge is 0.191 e. The highest BCUT2D eigenvalue weighted by molar-refractivity contribution is 14.0. The van der Waals surface area contributed by atoms with Crippen molar-refractivity contribution >= 4 is 29.9 Å². The molecule has 0 spiro atoms. The van der Waals surface area contributed by atoms with E-state index in [4.69, 9.17) is 9.73 Å². The van der Waals surface area contributed by atoms with Gasteiger partial charge in [0.1, 0.15) is 5.75 Å². The van der Waals surface area contributed by atoms with Crippen LogP contribution in [0.4, 0.5) is 0 Å². The lowest BCUT2D eigenvalue weighted by atomic mass is 10.1. The molecule has 0 heterocycles. The Morgan fingerprint density at radius 2 is 1.71 bits per heavy atom. The molecular weight excluding hydrogens is 463 g/mol. The summed E-state index contributed by atoms with van der Waals surface area (Å²) >= 11 is 0. The maximum absolute atomic E-state index is 5.28. The van der Waals surface area contributed by atoms with Gasteiger partial charge in [0.05, 0.1) is 13.7 Å². The van der Waals surface area contributed by atoms with E-state index in [1.807, 2.05) is 18.2 Å². The van der Waals surface area contributed by atoms with Gasteiger partial charge in [-0.05, 0) is 49.3 Å². The van der Waals surface area contributed by atoms with E-state index in [0.717, 1.165) is 36.9 Å². The predicted molar refractivity (Wildman–Crippen MR) is 129 cm³/mol. The molecule has 0 radical (unpaired) electrons. The minimum absolute atomic E-state index is 0. The summed E-state index contributed by atoms with van der Waals surface area (Å²) in [5, 5.41) is 6.70. The van der Waals surface area contributed by atoms with Crippen LogP contribution in [0.3, 0.4) is 0 Å². The quantitative estimate of drug-likeness (QED) is 0.313. The largest absolute Gasteiger partial charge is 0.497 e. The number of hydrogen-bond donors (Lipinski definition) is 2. The third kappa shape index (κ3) is 8.48. The van der Waals surface area contributed by atoms with Crippen LogP contribution in [-0.2, 0) is 19.6 Å². The van der Waals surface area contributed by atoms with Crippen molar-refractivity contribution in [3.05, 3.63) is 65.2 Å². The summed E-state index contributed by atoms with van der Waals surface area (Å²) in [4.78, 5) is 7.03. The van der Waals surface area contributed by atoms with E-state index >= 15 is 0 Å². The van der Waals surface area contributed by atoms with Crippen LogP contribution in [0.1, 0.15) is 30.5 Å². The molecule has 0 saturated heterocycles. The van der Waals surface area contributed by atoms with E-state index in [9.17, 15) is 0 Å². The van der Waals surface area contributed by atoms with Gasteiger partial charge in [-0.3, -0.25) is 0 Å². The molecule has 6 heteroatoms. The van der Waals surface area contributed by atoms with Crippen molar-refractivity contribution in [1.82, 2.24) is 15.5 Å². The Balaban J connectivity index is 0.00000392. The van der Waals surface area contributed by atoms with E-state index in [0.29, 0.717) is 13.1 Å². The lowest BCUT2D eigenvalue weighted by molar-refractivity contribution is 0.345. The van der Waals surface area contributed by atoms with Crippen molar-refractivity contribution < 1.29 is 4.74 Å². The maximum atomic E-state index is 5.28. The number of benzene rings is 2. The fourth-order valence-corrected chi connectivity index (χ4v) is 2.73. The second-order valence-corrected chi connectivity index (χ2v) is 6.55. The third-order valence-corrected chi connectivity index (χ3v) is 4.34. The molecule has 0 fully saturated rings. The van der Waals surface area contributed by atoms with Crippen LogP contribution in [0.25, 0.3) is 0 Å². The zero-order valence-electron chi connectivity index (χ0n) is 17.4. The molecule has 2 aromatic rings. The van der Waals surface area contributed by atoms with Gasteiger partial charge in [-0.25, -0.2) is 4.99 Å². The van der Waals surface area contributed by atoms with E-state index in [-0.39, 0.29) is 24.0 Å². The highest BCUT2D eigenvalue weighted by Gasteiger charge is 2.02. The Bertz CT molecular complexity index is 736. The normalized spacial score (nSPS) is 11.1. The standard InChI is InChI=1S/C22H32N4O.HI/c1-5-23-22(25-16-19-10-8-12-21(14-19)27-4)24-15-18-9-7-11-20(13-18)17-26(3)6-2;/h7-14H,5-6,15-17H2,1-4H3,(H2,23,24,25);1H. The molecule has 0 bridgehead atoms. The molecule has 2 rings (SSSR count). The minimum atomic E-state index is 0. The van der Waals surface area contributed by atoms with Crippen LogP contribution in [0.5, 0.6) is 5.75 Å². The van der Waals surface area contributed by atoms with Gasteiger partial charge in [0.15, 0.2) is 5.96 Å². The molecule has 0 aliphatic rings. The van der Waals surface area contributed by atoms with Crippen molar-refractivity contribution in [1.29, 1.82) is 0 Å². The predicted octanol–water partition coefficient (Wildman–Crippen LogP) is 4.02. The molecule has 154 valence electrons. The van der Waals surface area contributed by atoms with Crippen molar-refractivity contribution in [2.24, 2.45) is 4.99 Å². The molecule has 2 N–H and O–H groups in total. The third-order valence-electron chi connectivity index (χ3n) is 4.34. The van der Waals surface area contributed by atoms with E-state index in [2.05, 4.69) is 66.8 Å². The Morgan fingerprint density at radius 3 is 2.43 bits per heavy atom. The summed E-state index contributed by atoms with van der Waals surface area (Å²) in [6.45, 7) is 8.42. The fraction of sp³-hybridized carbons (Fsp3) is 0.409. The number of methoxy groups -OCH3 is 1. The Morgan fingerprint density at radius 1 is 1.00 bits per heavy atom. The second kappa shape index (κ2) is 13.4. The molecule has 0 unspecified atom stereocenters. The first-order valence-corrected chi connectivity index (χ1v) is 9.56. The molecule has 0 amide bonds. The summed E-state index contributed by atoms with van der Waals surface area (Å²) in [7, 11) is 3.82. The van der Waals surface area contributed by atoms with Crippen LogP contribution in [-0.4, -0.2) is 38.1 Å². The second-order valence-electron chi connectivity index (χ2n) is 6.55. The van der Waals surface area contributed by atoms with E-state index in [1.54, 1.807) is 7.11 Å². The van der Waals surface area contributed by atoms with Crippen LogP contribution in [0.15, 0.2) is 53.5 Å². The molecular formula is C22H33IN4O. The zero-order chi connectivity index (χ0) is 19.5. The zero-order valence-corrected chi connectivity index (χ0v) is 19.7. The molecule has 2 aromatic carbocycles. The lowest BCUT2D eigenvalue weighted by Crippen LogP contribution is -2.36. The van der Waals surface area contributed by atoms with Gasteiger partial charge in [0, 0.05) is 19.6 Å². The number of halogens is 1. The molecule has 0 aromatic heterocycles. The van der Waals surface area contributed by atoms with Crippen LogP contribution >= 0.6 is 24.0 Å². The number of hydrogen-bond acceptors (Lipinski definition) is 3. The molecule has 0 saturated carbocycles. The molecule has 0 aliphatic heterocycles. The van der Waals surface area contributed by atoms with Crippen molar-refractivity contribution in [3.63, 3.8) is 0 Å². The average Bonchev–Trinajstić information content (AvgIpc) is 2.70. The van der Waals surface area contributed by atoms with Crippen molar-refractivity contribution in [3.8, 4) is 5.75 Å². The fourth-order valence-electron chi connectivity index (χ4n) is 2.73. The summed E-state index contributed by atoms with van der Waals surface area (Å²) in [6.07, 6.45) is 0. The molecule has 0 atom stereocenters. The average molecular weight is 496 g/mol. The number of nitrogens with zero attached hydrogens (tertiary/aromatic N) is 2. The first kappa shape index (κ1) is 24.2. The highest BCUT2D eigenvalue weighted by atomic mass is 127. The van der Waals surface area contributed by atoms with E-state index in [1.165, 1.54) is 11.1 Å². The Kier molecular flexibility index (Phi) is 11.6. The number of aliphatic imine (C=N–C) groups is 1. The van der Waals surface area contributed by atoms with Crippen molar-refractivity contribution in [2.45, 2.75) is 33.5 Å². The van der Waals surface area contributed by atoms with Crippen LogP contribution in [0, 0.1) is 0 Å². The summed E-state index contributed by atoms with van der Waals surface area (Å²) in [5.41, 5.74) is 3.70. The molecule has 0 aliphatic carbocycles. The SMILES string of the molecule is CCNC(=NCc1cccc(CN(C)CC)c1)NCc1cccc(OC)c1.I. The number of nitrogens with one attached hydrogen (secondary N) is 2. The maximum Gasteiger partial charge on any atom is 0.191 e. The monoisotopic (exact) mass is 496 g/mol. The highest BCUT2D eigenvalue weighted by Crippen LogP contribution is 2.12. The van der Waals surface area contributed by atoms with Gasteiger partial charge < -0.3 is 20.3 Å². The van der Waals surface area contributed by atoms with Crippen LogP contribution < -0.4 is 15.4 Å². The van der Waals surface area contributed by atoms with E-state index < -0.39 is 0 Å². The Hall–Kier alpha value is -1.80. The van der Waals surface area contributed by atoms with Gasteiger partial charge in [-0.15, -0.1) is 24.0 Å². The van der Waals surface area contributed by atoms with Gasteiger partial charge in [-0.2, -0.15) is 0 Å². The lowest BCUT2D eigenvalue weighted by Gasteiger charge is -2.14. The first-order chi connectivity index (χ1) is 13.1. The van der Waals surface area contributed by atoms with Crippen molar-refractivity contribution in [2.75, 3.05) is 27.2 Å². The summed E-state index contributed by atoms with van der Waals surface area (Å²) < 4.78 is 5.28. The van der Waals surface area contributed by atoms with Crippen LogP contribution in [0.2, 0.25) is 0 Å². The summed E-state index contributed by atoms with van der Waals surface area (Å²) in [5.74, 6) is 1.68. The molecule has 28 heavy (non-hydrogen) atoms. The Labute approximate surface area is 186 Å². The summed E-state index contributed by atoms with van der Waals surface area (Å²) in [6, 6.07) is 16.7. The minimum Gasteiger partial charge on any atom is -0.497 e. The topological polar surface area (TPSA) is 48.9 Å². The van der Waals surface area contributed by atoms with Gasteiger partial charge >= 0.3 is 0 Å². The molecule has 5 nitrogen and oxygen atoms in total. The van der Waals surface area contributed by atoms with Gasteiger partial charge in [0.25, 0.3) is 0 Å².